The van der Waals surface area contributed by atoms with E-state index < -0.39 is 0 Å². The summed E-state index contributed by atoms with van der Waals surface area (Å²) in [7, 11) is 1.72. The fraction of sp³-hybridized carbons (Fsp3) is 0.571. The first-order chi connectivity index (χ1) is 8.60. The molecule has 1 aliphatic carbocycles. The second-order valence-corrected chi connectivity index (χ2v) is 6.85. The van der Waals surface area contributed by atoms with Crippen LogP contribution in [-0.4, -0.2) is 13.2 Å². The van der Waals surface area contributed by atoms with Gasteiger partial charge in [0.25, 0.3) is 0 Å². The summed E-state index contributed by atoms with van der Waals surface area (Å²) in [5.74, 6) is 1.79. The molecule has 0 bridgehead atoms. The molecule has 1 N–H and O–H groups in total. The third-order valence-corrected chi connectivity index (χ3v) is 4.61. The van der Waals surface area contributed by atoms with Crippen LogP contribution in [0.25, 0.3) is 0 Å². The van der Waals surface area contributed by atoms with Gasteiger partial charge in [0, 0.05) is 22.6 Å². The molecule has 0 radical (unpaired) electrons. The fourth-order valence-electron chi connectivity index (χ4n) is 2.62. The number of hydrogen-bond donors (Lipinski definition) is 1. The van der Waals surface area contributed by atoms with Crippen molar-refractivity contribution in [1.29, 1.82) is 0 Å². The van der Waals surface area contributed by atoms with Gasteiger partial charge in [-0.15, -0.1) is 0 Å². The van der Waals surface area contributed by atoms with Crippen molar-refractivity contribution in [2.75, 3.05) is 7.11 Å². The Kier molecular flexibility index (Phi) is 5.10. The molecular weight excluding hydrogens is 358 g/mol. The van der Waals surface area contributed by atoms with E-state index in [0.29, 0.717) is 6.04 Å². The third-order valence-electron chi connectivity index (χ3n) is 3.57. The molecule has 1 aliphatic rings. The Labute approximate surface area is 126 Å². The molecule has 2 rings (SSSR count). The Morgan fingerprint density at radius 2 is 2.11 bits per heavy atom. The zero-order valence-electron chi connectivity index (χ0n) is 10.8. The Morgan fingerprint density at radius 3 is 2.72 bits per heavy atom. The Hall–Kier alpha value is -0.0600. The van der Waals surface area contributed by atoms with Gasteiger partial charge in [0.15, 0.2) is 0 Å². The van der Waals surface area contributed by atoms with Crippen LogP contribution in [0.15, 0.2) is 21.1 Å². The number of benzene rings is 1. The average molecular weight is 377 g/mol. The largest absolute Gasteiger partial charge is 0.495 e. The summed E-state index contributed by atoms with van der Waals surface area (Å²) in [5.41, 5.74) is 1.19. The van der Waals surface area contributed by atoms with Crippen LogP contribution in [0.3, 0.4) is 0 Å². The first-order valence-electron chi connectivity index (χ1n) is 6.35. The summed E-state index contributed by atoms with van der Waals surface area (Å²) in [4.78, 5) is 0. The second kappa shape index (κ2) is 6.40. The monoisotopic (exact) mass is 375 g/mol. The molecule has 0 aliphatic heterocycles. The molecule has 1 fully saturated rings. The first-order valence-corrected chi connectivity index (χ1v) is 7.94. The number of methoxy groups -OCH3 is 1. The molecule has 18 heavy (non-hydrogen) atoms. The molecule has 1 aromatic carbocycles. The van der Waals surface area contributed by atoms with Gasteiger partial charge in [0.05, 0.1) is 11.6 Å². The van der Waals surface area contributed by atoms with Gasteiger partial charge in [0.1, 0.15) is 5.75 Å². The minimum Gasteiger partial charge on any atom is -0.495 e. The van der Waals surface area contributed by atoms with E-state index in [1.807, 2.05) is 6.07 Å². The summed E-state index contributed by atoms with van der Waals surface area (Å²) < 4.78 is 7.53. The van der Waals surface area contributed by atoms with Crippen molar-refractivity contribution in [3.63, 3.8) is 0 Å². The van der Waals surface area contributed by atoms with E-state index >= 15 is 0 Å². The summed E-state index contributed by atoms with van der Waals surface area (Å²) in [6.07, 6.45) is 3.92. The Morgan fingerprint density at radius 1 is 1.33 bits per heavy atom. The lowest BCUT2D eigenvalue weighted by Crippen LogP contribution is -2.26. The van der Waals surface area contributed by atoms with E-state index in [-0.39, 0.29) is 0 Å². The molecule has 1 aromatic rings. The van der Waals surface area contributed by atoms with E-state index in [1.165, 1.54) is 24.8 Å². The predicted molar refractivity (Wildman–Crippen MR) is 82.0 cm³/mol. The van der Waals surface area contributed by atoms with Crippen LogP contribution in [0.1, 0.15) is 31.7 Å². The van der Waals surface area contributed by atoms with Gasteiger partial charge in [0.2, 0.25) is 0 Å². The molecule has 100 valence electrons. The molecule has 2 unspecified atom stereocenters. The maximum Gasteiger partial charge on any atom is 0.137 e. The maximum absolute atomic E-state index is 5.46. The molecule has 0 amide bonds. The third kappa shape index (κ3) is 3.49. The van der Waals surface area contributed by atoms with Crippen molar-refractivity contribution >= 4 is 31.9 Å². The molecule has 0 spiro atoms. The number of hydrogen-bond acceptors (Lipinski definition) is 2. The van der Waals surface area contributed by atoms with Crippen molar-refractivity contribution in [2.45, 2.75) is 38.8 Å². The Bertz CT molecular complexity index is 423. The molecule has 0 aromatic heterocycles. The van der Waals surface area contributed by atoms with Gasteiger partial charge in [-0.3, -0.25) is 0 Å². The predicted octanol–water partition coefficient (Wildman–Crippen LogP) is 4.50. The number of nitrogens with one attached hydrogen (secondary N) is 1. The quantitative estimate of drug-likeness (QED) is 0.835. The van der Waals surface area contributed by atoms with Gasteiger partial charge >= 0.3 is 0 Å². The lowest BCUT2D eigenvalue weighted by molar-refractivity contribution is 0.401. The molecule has 2 nitrogen and oxygen atoms in total. The standard InChI is InChI=1S/C14H19Br2NO/c1-9-3-4-12(5-9)17-8-10-6-11(15)7-13(16)14(10)18-2/h6-7,9,12,17H,3-5,8H2,1-2H3. The smallest absolute Gasteiger partial charge is 0.137 e. The lowest BCUT2D eigenvalue weighted by Gasteiger charge is -2.16. The summed E-state index contributed by atoms with van der Waals surface area (Å²) >= 11 is 7.06. The van der Waals surface area contributed by atoms with Gasteiger partial charge in [-0.1, -0.05) is 22.9 Å². The van der Waals surface area contributed by atoms with Gasteiger partial charge in [-0.2, -0.15) is 0 Å². The second-order valence-electron chi connectivity index (χ2n) is 5.08. The average Bonchev–Trinajstić information content (AvgIpc) is 2.72. The minimum atomic E-state index is 0.655. The highest BCUT2D eigenvalue weighted by Crippen LogP contribution is 2.33. The van der Waals surface area contributed by atoms with Crippen molar-refractivity contribution in [3.05, 3.63) is 26.6 Å². The van der Waals surface area contributed by atoms with Crippen molar-refractivity contribution < 1.29 is 4.74 Å². The number of ether oxygens (including phenoxy) is 1. The summed E-state index contributed by atoms with van der Waals surface area (Å²) in [6.45, 7) is 3.19. The van der Waals surface area contributed by atoms with Crippen LogP contribution in [0, 0.1) is 5.92 Å². The van der Waals surface area contributed by atoms with Crippen LogP contribution >= 0.6 is 31.9 Å². The molecular formula is C14H19Br2NO. The van der Waals surface area contributed by atoms with E-state index in [2.05, 4.69) is 50.2 Å². The highest BCUT2D eigenvalue weighted by molar-refractivity contribution is 9.11. The SMILES string of the molecule is COc1c(Br)cc(Br)cc1CNC1CCC(C)C1. The van der Waals surface area contributed by atoms with Crippen molar-refractivity contribution in [2.24, 2.45) is 5.92 Å². The van der Waals surface area contributed by atoms with Crippen LogP contribution in [0.2, 0.25) is 0 Å². The maximum atomic E-state index is 5.46. The molecule has 0 saturated heterocycles. The van der Waals surface area contributed by atoms with Crippen LogP contribution < -0.4 is 10.1 Å². The minimum absolute atomic E-state index is 0.655. The zero-order valence-corrected chi connectivity index (χ0v) is 14.0. The Balaban J connectivity index is 2.04. The fourth-order valence-corrected chi connectivity index (χ4v) is 4.10. The molecule has 1 saturated carbocycles. The number of rotatable bonds is 4. The zero-order chi connectivity index (χ0) is 13.1. The molecule has 0 heterocycles. The van der Waals surface area contributed by atoms with Crippen molar-refractivity contribution in [3.8, 4) is 5.75 Å². The van der Waals surface area contributed by atoms with E-state index in [1.54, 1.807) is 7.11 Å². The van der Waals surface area contributed by atoms with Gasteiger partial charge < -0.3 is 10.1 Å². The van der Waals surface area contributed by atoms with E-state index in [0.717, 1.165) is 27.2 Å². The number of halogens is 2. The molecule has 4 heteroatoms. The first kappa shape index (κ1) is 14.4. The molecule has 2 atom stereocenters. The highest BCUT2D eigenvalue weighted by atomic mass is 79.9. The lowest BCUT2D eigenvalue weighted by atomic mass is 10.1. The summed E-state index contributed by atoms with van der Waals surface area (Å²) in [6, 6.07) is 4.79. The van der Waals surface area contributed by atoms with Gasteiger partial charge in [-0.25, -0.2) is 0 Å². The van der Waals surface area contributed by atoms with E-state index in [4.69, 9.17) is 4.74 Å². The topological polar surface area (TPSA) is 21.3 Å². The normalized spacial score (nSPS) is 23.3. The van der Waals surface area contributed by atoms with E-state index in [9.17, 15) is 0 Å². The van der Waals surface area contributed by atoms with Crippen molar-refractivity contribution in [1.82, 2.24) is 5.32 Å². The summed E-state index contributed by atoms with van der Waals surface area (Å²) in [5, 5.41) is 3.64. The van der Waals surface area contributed by atoms with Crippen LogP contribution in [-0.2, 0) is 6.54 Å². The van der Waals surface area contributed by atoms with Crippen LogP contribution in [0.4, 0.5) is 0 Å². The van der Waals surface area contributed by atoms with Gasteiger partial charge in [-0.05, 0) is 53.2 Å². The van der Waals surface area contributed by atoms with Crippen LogP contribution in [0.5, 0.6) is 5.75 Å². The highest BCUT2D eigenvalue weighted by Gasteiger charge is 2.21.